The molecule has 0 aliphatic heterocycles. The smallest absolute Gasteiger partial charge is 0.189 e. The summed E-state index contributed by atoms with van der Waals surface area (Å²) in [6.07, 6.45) is 15.7. The summed E-state index contributed by atoms with van der Waals surface area (Å²) < 4.78 is 0. The topological polar surface area (TPSA) is 50.4 Å². The Labute approximate surface area is 156 Å². The van der Waals surface area contributed by atoms with Crippen LogP contribution in [0.5, 0.6) is 0 Å². The first-order valence-electron chi connectivity index (χ1n) is 11.0. The van der Waals surface area contributed by atoms with E-state index in [-0.39, 0.29) is 0 Å². The van der Waals surface area contributed by atoms with Gasteiger partial charge >= 0.3 is 0 Å². The number of unbranched alkanes of at least 4 members (excludes halogenated alkanes) is 1. The lowest BCUT2D eigenvalue weighted by Crippen LogP contribution is -2.46. The normalized spacial score (nSPS) is 27.9. The molecule has 0 spiro atoms. The fourth-order valence-corrected chi connectivity index (χ4v) is 4.93. The Morgan fingerprint density at radius 2 is 1.84 bits per heavy atom. The molecule has 2 rings (SSSR count). The Hall–Kier alpha value is -0.730. The van der Waals surface area contributed by atoms with Gasteiger partial charge in [-0.2, -0.15) is 0 Å². The molecule has 3 heteroatoms. The summed E-state index contributed by atoms with van der Waals surface area (Å²) in [6, 6.07) is 0.981. The molecular weight excluding hydrogens is 306 g/mol. The first-order valence-corrected chi connectivity index (χ1v) is 11.0. The molecule has 3 unspecified atom stereocenters. The van der Waals surface area contributed by atoms with Crippen molar-refractivity contribution in [3.63, 3.8) is 0 Å². The first kappa shape index (κ1) is 20.6. The average molecular weight is 350 g/mol. The Kier molecular flexibility index (Phi) is 8.09. The molecule has 0 aromatic carbocycles. The molecule has 3 atom stereocenters. The molecule has 25 heavy (non-hydrogen) atoms. The minimum Gasteiger partial charge on any atom is -0.370 e. The molecule has 2 fully saturated rings. The maximum Gasteiger partial charge on any atom is 0.189 e. The molecule has 3 N–H and O–H groups in total. The number of nitrogens with two attached hydrogens (primary N) is 1. The molecule has 0 bridgehead atoms. The van der Waals surface area contributed by atoms with Crippen molar-refractivity contribution in [3.8, 4) is 0 Å². The van der Waals surface area contributed by atoms with Crippen LogP contribution in [0.1, 0.15) is 105 Å². The maximum atomic E-state index is 6.25. The Morgan fingerprint density at radius 1 is 1.12 bits per heavy atom. The summed E-state index contributed by atoms with van der Waals surface area (Å²) in [7, 11) is 0. The van der Waals surface area contributed by atoms with E-state index in [1.54, 1.807) is 0 Å². The quantitative estimate of drug-likeness (QED) is 0.462. The number of hydrogen-bond donors (Lipinski definition) is 2. The number of hydrogen-bond acceptors (Lipinski definition) is 1. The second kappa shape index (κ2) is 9.83. The molecule has 2 aliphatic carbocycles. The van der Waals surface area contributed by atoms with Crippen molar-refractivity contribution in [2.45, 2.75) is 117 Å². The molecule has 0 aromatic rings. The Bertz CT molecular complexity index is 409. The van der Waals surface area contributed by atoms with Crippen molar-refractivity contribution >= 4 is 5.96 Å². The van der Waals surface area contributed by atoms with Gasteiger partial charge in [-0.05, 0) is 49.4 Å². The summed E-state index contributed by atoms with van der Waals surface area (Å²) in [4.78, 5) is 4.78. The predicted molar refractivity (Wildman–Crippen MR) is 110 cm³/mol. The van der Waals surface area contributed by atoms with Crippen LogP contribution < -0.4 is 11.1 Å². The van der Waals surface area contributed by atoms with E-state index in [1.165, 1.54) is 77.0 Å². The average Bonchev–Trinajstić information content (AvgIpc) is 2.60. The summed E-state index contributed by atoms with van der Waals surface area (Å²) in [5, 5.41) is 3.58. The highest BCUT2D eigenvalue weighted by molar-refractivity contribution is 5.78. The van der Waals surface area contributed by atoms with Crippen molar-refractivity contribution in [2.75, 3.05) is 0 Å². The van der Waals surface area contributed by atoms with E-state index in [9.17, 15) is 0 Å². The summed E-state index contributed by atoms with van der Waals surface area (Å²) in [5.41, 5.74) is 6.68. The van der Waals surface area contributed by atoms with Gasteiger partial charge in [0.15, 0.2) is 5.96 Å². The third kappa shape index (κ3) is 6.18. The predicted octanol–water partition coefficient (Wildman–Crippen LogP) is 5.63. The zero-order chi connectivity index (χ0) is 18.3. The highest BCUT2D eigenvalue weighted by Crippen LogP contribution is 2.44. The van der Waals surface area contributed by atoms with E-state index in [0.717, 1.165) is 11.8 Å². The van der Waals surface area contributed by atoms with Gasteiger partial charge in [-0.25, -0.2) is 0 Å². The second-order valence-electron chi connectivity index (χ2n) is 9.38. The van der Waals surface area contributed by atoms with Crippen molar-refractivity contribution in [1.82, 2.24) is 5.32 Å². The van der Waals surface area contributed by atoms with E-state index in [0.29, 0.717) is 23.5 Å². The minimum absolute atomic E-state index is 0.421. The van der Waals surface area contributed by atoms with E-state index in [1.807, 2.05) is 0 Å². The lowest BCUT2D eigenvalue weighted by Gasteiger charge is -2.44. The fourth-order valence-electron chi connectivity index (χ4n) is 4.93. The fraction of sp³-hybridized carbons (Fsp3) is 0.955. The highest BCUT2D eigenvalue weighted by Gasteiger charge is 2.37. The van der Waals surface area contributed by atoms with Crippen LogP contribution in [-0.4, -0.2) is 18.0 Å². The third-order valence-electron chi connectivity index (χ3n) is 7.24. The molecule has 146 valence electrons. The number of nitrogens with one attached hydrogen (secondary N) is 1. The first-order chi connectivity index (χ1) is 11.9. The molecule has 0 heterocycles. The number of nitrogens with zero attached hydrogens (tertiary/aromatic N) is 1. The van der Waals surface area contributed by atoms with Crippen LogP contribution in [0, 0.1) is 17.3 Å². The molecule has 0 saturated heterocycles. The Morgan fingerprint density at radius 3 is 2.52 bits per heavy atom. The van der Waals surface area contributed by atoms with Crippen molar-refractivity contribution in [2.24, 2.45) is 28.0 Å². The summed E-state index contributed by atoms with van der Waals surface area (Å²) in [6.45, 7) is 9.76. The van der Waals surface area contributed by atoms with Gasteiger partial charge in [0.2, 0.25) is 0 Å². The lowest BCUT2D eigenvalue weighted by atomic mass is 9.63. The summed E-state index contributed by atoms with van der Waals surface area (Å²) in [5.74, 6) is 2.30. The van der Waals surface area contributed by atoms with Crippen LogP contribution in [0.3, 0.4) is 0 Å². The van der Waals surface area contributed by atoms with Gasteiger partial charge in [0.05, 0.1) is 6.04 Å². The Balaban J connectivity index is 1.87. The number of rotatable bonds is 7. The van der Waals surface area contributed by atoms with Crippen LogP contribution in [-0.2, 0) is 0 Å². The van der Waals surface area contributed by atoms with Gasteiger partial charge < -0.3 is 11.1 Å². The van der Waals surface area contributed by atoms with Gasteiger partial charge in [0, 0.05) is 6.04 Å². The molecule has 2 saturated carbocycles. The lowest BCUT2D eigenvalue weighted by molar-refractivity contribution is 0.0765. The van der Waals surface area contributed by atoms with Crippen molar-refractivity contribution < 1.29 is 0 Å². The van der Waals surface area contributed by atoms with Gasteiger partial charge in [-0.3, -0.25) is 4.99 Å². The number of aliphatic imine (C=N–C) groups is 1. The van der Waals surface area contributed by atoms with Crippen molar-refractivity contribution in [3.05, 3.63) is 0 Å². The van der Waals surface area contributed by atoms with Crippen LogP contribution in [0.4, 0.5) is 0 Å². The monoisotopic (exact) mass is 349 g/mol. The highest BCUT2D eigenvalue weighted by atomic mass is 15.1. The summed E-state index contributed by atoms with van der Waals surface area (Å²) >= 11 is 0. The van der Waals surface area contributed by atoms with Gasteiger partial charge in [0.1, 0.15) is 0 Å². The molecule has 3 nitrogen and oxygen atoms in total. The molecule has 0 amide bonds. The van der Waals surface area contributed by atoms with E-state index in [4.69, 9.17) is 10.7 Å². The van der Waals surface area contributed by atoms with E-state index in [2.05, 4.69) is 33.0 Å². The minimum atomic E-state index is 0.421. The third-order valence-corrected chi connectivity index (χ3v) is 7.24. The molecular formula is C22H43N3. The molecule has 2 aliphatic rings. The SMILES string of the molecule is CCCCC(C)C(C)(C)C1CCCC(NC(N)=NC2CCCCC2)C1. The van der Waals surface area contributed by atoms with Crippen LogP contribution in [0.2, 0.25) is 0 Å². The maximum absolute atomic E-state index is 6.25. The van der Waals surface area contributed by atoms with Crippen LogP contribution in [0.25, 0.3) is 0 Å². The standard InChI is InChI=1S/C22H43N3/c1-5-6-11-17(2)22(3,4)18-12-10-15-20(16-18)25-21(23)24-19-13-8-7-9-14-19/h17-20H,5-16H2,1-4H3,(H3,23,24,25). The van der Waals surface area contributed by atoms with Crippen LogP contribution in [0.15, 0.2) is 4.99 Å². The zero-order valence-corrected chi connectivity index (χ0v) is 17.3. The molecule has 0 radical (unpaired) electrons. The van der Waals surface area contributed by atoms with E-state index < -0.39 is 0 Å². The largest absolute Gasteiger partial charge is 0.370 e. The second-order valence-corrected chi connectivity index (χ2v) is 9.38. The van der Waals surface area contributed by atoms with E-state index >= 15 is 0 Å². The van der Waals surface area contributed by atoms with Gasteiger partial charge in [-0.1, -0.05) is 72.6 Å². The van der Waals surface area contributed by atoms with Crippen LogP contribution >= 0.6 is 0 Å². The van der Waals surface area contributed by atoms with Crippen molar-refractivity contribution in [1.29, 1.82) is 0 Å². The van der Waals surface area contributed by atoms with Gasteiger partial charge in [-0.15, -0.1) is 0 Å². The number of guanidine groups is 1. The molecule has 0 aromatic heterocycles. The zero-order valence-electron chi connectivity index (χ0n) is 17.3. The van der Waals surface area contributed by atoms with Gasteiger partial charge in [0.25, 0.3) is 0 Å².